The highest BCUT2D eigenvalue weighted by atomic mass is 19.1. The predicted octanol–water partition coefficient (Wildman–Crippen LogP) is 2.64. The Balaban J connectivity index is 2.21. The third-order valence-corrected chi connectivity index (χ3v) is 2.66. The maximum Gasteiger partial charge on any atom is 0.126 e. The fourth-order valence-corrected chi connectivity index (χ4v) is 1.59. The van der Waals surface area contributed by atoms with Crippen LogP contribution in [0.3, 0.4) is 0 Å². The molecule has 1 aromatic carbocycles. The zero-order valence-corrected chi connectivity index (χ0v) is 9.98. The van der Waals surface area contributed by atoms with Crippen LogP contribution in [-0.4, -0.2) is 23.5 Å². The van der Waals surface area contributed by atoms with Crippen molar-refractivity contribution in [1.82, 2.24) is 9.78 Å². The number of aromatic nitrogens is 2. The molecule has 0 atom stereocenters. The highest BCUT2D eigenvalue weighted by Crippen LogP contribution is 2.21. The van der Waals surface area contributed by atoms with E-state index in [1.54, 1.807) is 31.0 Å². The van der Waals surface area contributed by atoms with Crippen LogP contribution in [0.1, 0.15) is 5.56 Å². The standard InChI is InChI=1S/C13H15FN2O/c1-10-3-4-11(7-13(10)14)12-8-15-16(9-12)5-6-17-2/h3-4,7-9H,5-6H2,1-2H3. The maximum atomic E-state index is 13.4. The topological polar surface area (TPSA) is 27.1 Å². The number of benzene rings is 1. The van der Waals surface area contributed by atoms with Gasteiger partial charge in [0.25, 0.3) is 0 Å². The van der Waals surface area contributed by atoms with E-state index in [9.17, 15) is 4.39 Å². The van der Waals surface area contributed by atoms with Crippen molar-refractivity contribution in [2.75, 3.05) is 13.7 Å². The Labute approximate surface area is 99.8 Å². The molecule has 0 aliphatic carbocycles. The van der Waals surface area contributed by atoms with Crippen molar-refractivity contribution in [2.45, 2.75) is 13.5 Å². The van der Waals surface area contributed by atoms with E-state index in [-0.39, 0.29) is 5.82 Å². The number of ether oxygens (including phenoxy) is 1. The van der Waals surface area contributed by atoms with Crippen LogP contribution in [-0.2, 0) is 11.3 Å². The number of methoxy groups -OCH3 is 1. The van der Waals surface area contributed by atoms with Gasteiger partial charge in [0.15, 0.2) is 0 Å². The number of nitrogens with zero attached hydrogens (tertiary/aromatic N) is 2. The summed E-state index contributed by atoms with van der Waals surface area (Å²) in [5, 5.41) is 4.20. The van der Waals surface area contributed by atoms with E-state index in [0.717, 1.165) is 11.1 Å². The van der Waals surface area contributed by atoms with Gasteiger partial charge in [-0.15, -0.1) is 0 Å². The quantitative estimate of drug-likeness (QED) is 0.813. The first-order chi connectivity index (χ1) is 8.20. The smallest absolute Gasteiger partial charge is 0.126 e. The van der Waals surface area contributed by atoms with Crippen LogP contribution >= 0.6 is 0 Å². The van der Waals surface area contributed by atoms with E-state index >= 15 is 0 Å². The molecule has 0 spiro atoms. The highest BCUT2D eigenvalue weighted by molar-refractivity contribution is 5.62. The largest absolute Gasteiger partial charge is 0.383 e. The Morgan fingerprint density at radius 3 is 2.88 bits per heavy atom. The molecule has 0 bridgehead atoms. The number of rotatable bonds is 4. The molecule has 17 heavy (non-hydrogen) atoms. The molecule has 3 nitrogen and oxygen atoms in total. The molecule has 0 amide bonds. The van der Waals surface area contributed by atoms with Gasteiger partial charge in [-0.2, -0.15) is 5.10 Å². The molecule has 0 unspecified atom stereocenters. The zero-order valence-electron chi connectivity index (χ0n) is 9.98. The van der Waals surface area contributed by atoms with E-state index in [2.05, 4.69) is 5.10 Å². The van der Waals surface area contributed by atoms with Gasteiger partial charge in [0.1, 0.15) is 5.82 Å². The summed E-state index contributed by atoms with van der Waals surface area (Å²) in [4.78, 5) is 0. The summed E-state index contributed by atoms with van der Waals surface area (Å²) >= 11 is 0. The minimum atomic E-state index is -0.188. The lowest BCUT2D eigenvalue weighted by atomic mass is 10.1. The van der Waals surface area contributed by atoms with Crippen molar-refractivity contribution in [3.8, 4) is 11.1 Å². The van der Waals surface area contributed by atoms with E-state index in [4.69, 9.17) is 4.74 Å². The SMILES string of the molecule is COCCn1cc(-c2ccc(C)c(F)c2)cn1. The lowest BCUT2D eigenvalue weighted by Gasteiger charge is -2.01. The van der Waals surface area contributed by atoms with Crippen LogP contribution in [0.5, 0.6) is 0 Å². The number of hydrogen-bond acceptors (Lipinski definition) is 2. The Hall–Kier alpha value is -1.68. The summed E-state index contributed by atoms with van der Waals surface area (Å²) < 4.78 is 20.2. The van der Waals surface area contributed by atoms with Gasteiger partial charge >= 0.3 is 0 Å². The van der Waals surface area contributed by atoms with Gasteiger partial charge in [0.2, 0.25) is 0 Å². The van der Waals surface area contributed by atoms with Crippen LogP contribution in [0.15, 0.2) is 30.6 Å². The van der Waals surface area contributed by atoms with Crippen LogP contribution in [0.2, 0.25) is 0 Å². The van der Waals surface area contributed by atoms with Gasteiger partial charge in [-0.3, -0.25) is 4.68 Å². The van der Waals surface area contributed by atoms with Crippen LogP contribution in [0.25, 0.3) is 11.1 Å². The lowest BCUT2D eigenvalue weighted by Crippen LogP contribution is -2.03. The molecule has 0 aliphatic rings. The van der Waals surface area contributed by atoms with Gasteiger partial charge in [0.05, 0.1) is 19.3 Å². The lowest BCUT2D eigenvalue weighted by molar-refractivity contribution is 0.183. The summed E-state index contributed by atoms with van der Waals surface area (Å²) in [5.41, 5.74) is 2.41. The van der Waals surface area contributed by atoms with E-state index < -0.39 is 0 Å². The molecular formula is C13H15FN2O. The molecule has 90 valence electrons. The molecular weight excluding hydrogens is 219 g/mol. The molecule has 0 saturated carbocycles. The maximum absolute atomic E-state index is 13.4. The predicted molar refractivity (Wildman–Crippen MR) is 64.2 cm³/mol. The Morgan fingerprint density at radius 1 is 1.35 bits per heavy atom. The van der Waals surface area contributed by atoms with Crippen LogP contribution in [0, 0.1) is 12.7 Å². The number of aryl methyl sites for hydroxylation is 1. The van der Waals surface area contributed by atoms with Crippen molar-refractivity contribution in [3.05, 3.63) is 42.0 Å². The Morgan fingerprint density at radius 2 is 2.18 bits per heavy atom. The third-order valence-electron chi connectivity index (χ3n) is 2.66. The van der Waals surface area contributed by atoms with E-state index in [0.29, 0.717) is 18.7 Å². The Kier molecular flexibility index (Phi) is 3.54. The molecule has 0 saturated heterocycles. The van der Waals surface area contributed by atoms with Gasteiger partial charge in [0, 0.05) is 18.9 Å². The first-order valence-corrected chi connectivity index (χ1v) is 5.48. The average Bonchev–Trinajstić information content (AvgIpc) is 2.79. The van der Waals surface area contributed by atoms with Crippen LogP contribution in [0.4, 0.5) is 4.39 Å². The number of hydrogen-bond donors (Lipinski definition) is 0. The third kappa shape index (κ3) is 2.71. The molecule has 0 fully saturated rings. The van der Waals surface area contributed by atoms with Crippen molar-refractivity contribution in [2.24, 2.45) is 0 Å². The van der Waals surface area contributed by atoms with Gasteiger partial charge < -0.3 is 4.74 Å². The van der Waals surface area contributed by atoms with Gasteiger partial charge in [-0.05, 0) is 24.1 Å². The van der Waals surface area contributed by atoms with Crippen molar-refractivity contribution in [1.29, 1.82) is 0 Å². The van der Waals surface area contributed by atoms with Crippen molar-refractivity contribution < 1.29 is 9.13 Å². The molecule has 2 aromatic rings. The molecule has 2 rings (SSSR count). The summed E-state index contributed by atoms with van der Waals surface area (Å²) in [7, 11) is 1.65. The summed E-state index contributed by atoms with van der Waals surface area (Å²) in [6, 6.07) is 5.21. The fraction of sp³-hybridized carbons (Fsp3) is 0.308. The minimum Gasteiger partial charge on any atom is -0.383 e. The molecule has 0 N–H and O–H groups in total. The Bertz CT molecular complexity index is 508. The second-order valence-electron chi connectivity index (χ2n) is 3.95. The van der Waals surface area contributed by atoms with Crippen LogP contribution < -0.4 is 0 Å². The summed E-state index contributed by atoms with van der Waals surface area (Å²) in [5.74, 6) is -0.188. The molecule has 4 heteroatoms. The second-order valence-corrected chi connectivity index (χ2v) is 3.95. The first-order valence-electron chi connectivity index (χ1n) is 5.48. The molecule has 1 heterocycles. The first kappa shape index (κ1) is 11.8. The molecule has 0 aliphatic heterocycles. The van der Waals surface area contributed by atoms with E-state index in [1.807, 2.05) is 12.3 Å². The van der Waals surface area contributed by atoms with E-state index in [1.165, 1.54) is 6.07 Å². The minimum absolute atomic E-state index is 0.188. The average molecular weight is 234 g/mol. The van der Waals surface area contributed by atoms with Crippen molar-refractivity contribution in [3.63, 3.8) is 0 Å². The zero-order chi connectivity index (χ0) is 12.3. The monoisotopic (exact) mass is 234 g/mol. The molecule has 1 aromatic heterocycles. The van der Waals surface area contributed by atoms with Gasteiger partial charge in [-0.25, -0.2) is 4.39 Å². The number of halogens is 1. The summed E-state index contributed by atoms with van der Waals surface area (Å²) in [6.45, 7) is 3.06. The van der Waals surface area contributed by atoms with Gasteiger partial charge in [-0.1, -0.05) is 12.1 Å². The second kappa shape index (κ2) is 5.10. The highest BCUT2D eigenvalue weighted by Gasteiger charge is 2.04. The fourth-order valence-electron chi connectivity index (χ4n) is 1.59. The van der Waals surface area contributed by atoms with Crippen molar-refractivity contribution >= 4 is 0 Å². The normalized spacial score (nSPS) is 10.8. The summed E-state index contributed by atoms with van der Waals surface area (Å²) in [6.07, 6.45) is 3.63. The molecule has 0 radical (unpaired) electrons.